The van der Waals surface area contributed by atoms with Gasteiger partial charge in [0, 0.05) is 83.7 Å². The second-order valence-electron chi connectivity index (χ2n) is 13.0. The Morgan fingerprint density at radius 1 is 0.755 bits per heavy atom. The van der Waals surface area contributed by atoms with E-state index in [0.717, 1.165) is 77.7 Å². The number of nitrogens with zero attached hydrogens (tertiary/aromatic N) is 6. The van der Waals surface area contributed by atoms with E-state index in [1.165, 1.54) is 17.0 Å². The highest BCUT2D eigenvalue weighted by Gasteiger charge is 2.26. The number of aliphatic hydroxyl groups excluding tert-OH is 1. The summed E-state index contributed by atoms with van der Waals surface area (Å²) in [4.78, 5) is 33.0. The summed E-state index contributed by atoms with van der Waals surface area (Å²) in [5.41, 5.74) is 7.31. The van der Waals surface area contributed by atoms with Crippen LogP contribution in [0.25, 0.3) is 21.1 Å². The number of aromatic nitrogens is 4. The molecule has 0 radical (unpaired) electrons. The second-order valence-corrected chi connectivity index (χ2v) is 14.8. The van der Waals surface area contributed by atoms with Crippen molar-refractivity contribution in [1.29, 1.82) is 0 Å². The van der Waals surface area contributed by atoms with E-state index in [1.54, 1.807) is 16.7 Å². The summed E-state index contributed by atoms with van der Waals surface area (Å²) in [6.07, 6.45) is 5.80. The summed E-state index contributed by atoms with van der Waals surface area (Å²) in [5, 5.41) is 23.4. The van der Waals surface area contributed by atoms with E-state index in [2.05, 4.69) is 66.1 Å². The van der Waals surface area contributed by atoms with Crippen LogP contribution in [0.3, 0.4) is 0 Å². The highest BCUT2D eigenvalue weighted by Crippen LogP contribution is 2.31. The number of carboxylic acid groups (broad SMARTS) is 1. The van der Waals surface area contributed by atoms with Gasteiger partial charge in [-0.3, -0.25) is 0 Å². The number of carbonyl (C=O) groups is 1. The van der Waals surface area contributed by atoms with Crippen molar-refractivity contribution in [1.82, 2.24) is 19.9 Å². The number of aliphatic hydroxyl groups is 1. The van der Waals surface area contributed by atoms with Gasteiger partial charge in [-0.1, -0.05) is 36.4 Å². The number of aromatic carboxylic acids is 1. The van der Waals surface area contributed by atoms with Gasteiger partial charge in [0.1, 0.15) is 22.2 Å². The SMILES string of the molecule is Cc1ccc(O[C@H]2CCN(c3cccc(-c4nc(C(=O)O)cs4)c3)C2)nc1.Cc1ccc(O[C@H]2CCN(c3cccc(-c4nc(CO)cs4)c3)C2)nc1. The molecule has 11 nitrogen and oxygen atoms in total. The van der Waals surface area contributed by atoms with Crippen molar-refractivity contribution in [3.63, 3.8) is 0 Å². The number of benzene rings is 2. The van der Waals surface area contributed by atoms with Crippen molar-refractivity contribution in [3.8, 4) is 32.9 Å². The number of hydrogen-bond donors (Lipinski definition) is 2. The molecule has 0 spiro atoms. The number of aryl methyl sites for hydroxylation is 2. The zero-order valence-electron chi connectivity index (χ0n) is 29.5. The maximum absolute atomic E-state index is 11.0. The van der Waals surface area contributed by atoms with Gasteiger partial charge in [-0.25, -0.2) is 24.7 Å². The Hall–Kier alpha value is -5.37. The van der Waals surface area contributed by atoms with E-state index in [9.17, 15) is 9.90 Å². The lowest BCUT2D eigenvalue weighted by Crippen LogP contribution is -2.24. The van der Waals surface area contributed by atoms with Crippen molar-refractivity contribution in [3.05, 3.63) is 118 Å². The van der Waals surface area contributed by atoms with Crippen LogP contribution in [-0.2, 0) is 6.61 Å². The summed E-state index contributed by atoms with van der Waals surface area (Å²) in [7, 11) is 0. The smallest absolute Gasteiger partial charge is 0.355 e. The zero-order chi connectivity index (χ0) is 36.7. The lowest BCUT2D eigenvalue weighted by atomic mass is 10.2. The summed E-state index contributed by atoms with van der Waals surface area (Å²) in [5.74, 6) is 0.346. The minimum Gasteiger partial charge on any atom is -0.476 e. The lowest BCUT2D eigenvalue weighted by molar-refractivity contribution is 0.0691. The quantitative estimate of drug-likeness (QED) is 0.144. The molecule has 2 aromatic carbocycles. The van der Waals surface area contributed by atoms with Crippen LogP contribution in [-0.4, -0.2) is 74.5 Å². The molecule has 8 rings (SSSR count). The average Bonchev–Trinajstić information content (AvgIpc) is 4.02. The average molecular weight is 749 g/mol. The number of ether oxygens (including phenoxy) is 2. The minimum atomic E-state index is -1.00. The Kier molecular flexibility index (Phi) is 11.2. The maximum atomic E-state index is 11.0. The molecule has 2 aliphatic rings. The van der Waals surface area contributed by atoms with E-state index in [1.807, 2.05) is 68.0 Å². The second kappa shape index (κ2) is 16.5. The topological polar surface area (TPSA) is 134 Å². The molecule has 0 amide bonds. The summed E-state index contributed by atoms with van der Waals surface area (Å²) in [6.45, 7) is 7.50. The molecule has 13 heteroatoms. The van der Waals surface area contributed by atoms with Crippen LogP contribution in [0, 0.1) is 13.8 Å². The molecule has 4 aromatic heterocycles. The van der Waals surface area contributed by atoms with E-state index in [4.69, 9.17) is 14.6 Å². The molecule has 6 heterocycles. The molecule has 0 aliphatic carbocycles. The molecule has 272 valence electrons. The number of hydrogen-bond acceptors (Lipinski definition) is 12. The molecule has 0 bridgehead atoms. The van der Waals surface area contributed by atoms with Crippen LogP contribution in [0.4, 0.5) is 11.4 Å². The molecule has 6 aromatic rings. The number of anilines is 2. The Labute approximate surface area is 316 Å². The fourth-order valence-electron chi connectivity index (χ4n) is 6.20. The molecule has 2 atom stereocenters. The van der Waals surface area contributed by atoms with Crippen molar-refractivity contribution >= 4 is 40.0 Å². The Balaban J connectivity index is 0.000000164. The molecule has 2 N–H and O–H groups in total. The van der Waals surface area contributed by atoms with Crippen LogP contribution < -0.4 is 19.3 Å². The Bertz CT molecular complexity index is 2140. The number of rotatable bonds is 10. The fourth-order valence-corrected chi connectivity index (χ4v) is 7.79. The van der Waals surface area contributed by atoms with Gasteiger partial charge in [0.2, 0.25) is 11.8 Å². The third kappa shape index (κ3) is 9.17. The third-order valence-electron chi connectivity index (χ3n) is 8.99. The molecule has 53 heavy (non-hydrogen) atoms. The standard InChI is InChI=1S/C20H19N3O3S.C20H21N3O2S/c1-13-5-6-18(21-10-13)26-16-7-8-23(11-16)15-4-2-3-14(9-15)19-22-17(12-27-19)20(24)25;1-14-5-6-19(21-10-14)25-18-7-8-23(11-18)17-4-2-3-15(9-17)20-22-16(12-24)13-26-20/h2-6,9-10,12,16H,7-8,11H2,1H3,(H,24,25);2-6,9-10,13,18,24H,7-8,11-12H2,1H3/t16-;18-/m00/s1. The fraction of sp³-hybridized carbons (Fsp3) is 0.275. The van der Waals surface area contributed by atoms with Gasteiger partial charge in [-0.15, -0.1) is 22.7 Å². The third-order valence-corrected chi connectivity index (χ3v) is 10.8. The largest absolute Gasteiger partial charge is 0.476 e. The highest BCUT2D eigenvalue weighted by molar-refractivity contribution is 7.13. The zero-order valence-corrected chi connectivity index (χ0v) is 31.1. The first-order valence-corrected chi connectivity index (χ1v) is 19.2. The predicted octanol–water partition coefficient (Wildman–Crippen LogP) is 7.53. The first kappa shape index (κ1) is 36.0. The van der Waals surface area contributed by atoms with E-state index in [-0.39, 0.29) is 24.5 Å². The summed E-state index contributed by atoms with van der Waals surface area (Å²) < 4.78 is 12.0. The maximum Gasteiger partial charge on any atom is 0.355 e. The number of thiazole rings is 2. The van der Waals surface area contributed by atoms with Crippen LogP contribution in [0.15, 0.2) is 96.0 Å². The summed E-state index contributed by atoms with van der Waals surface area (Å²) in [6, 6.07) is 24.3. The predicted molar refractivity (Wildman–Crippen MR) is 208 cm³/mol. The first-order chi connectivity index (χ1) is 25.8. The molecule has 0 unspecified atom stereocenters. The van der Waals surface area contributed by atoms with Gasteiger partial charge in [-0.05, 0) is 49.2 Å². The minimum absolute atomic E-state index is 0.0195. The highest BCUT2D eigenvalue weighted by atomic mass is 32.1. The van der Waals surface area contributed by atoms with Gasteiger partial charge in [0.25, 0.3) is 0 Å². The molecule has 2 saturated heterocycles. The molecule has 0 saturated carbocycles. The van der Waals surface area contributed by atoms with Gasteiger partial charge in [0.15, 0.2) is 5.69 Å². The lowest BCUT2D eigenvalue weighted by Gasteiger charge is -2.19. The van der Waals surface area contributed by atoms with Gasteiger partial charge >= 0.3 is 5.97 Å². The normalized spacial score (nSPS) is 16.7. The monoisotopic (exact) mass is 748 g/mol. The van der Waals surface area contributed by atoms with E-state index >= 15 is 0 Å². The Morgan fingerprint density at radius 2 is 1.28 bits per heavy atom. The molecular formula is C40H40N6O5S2. The van der Waals surface area contributed by atoms with Gasteiger partial charge in [-0.2, -0.15) is 0 Å². The van der Waals surface area contributed by atoms with Crippen LogP contribution in [0.5, 0.6) is 11.8 Å². The van der Waals surface area contributed by atoms with Gasteiger partial charge < -0.3 is 29.5 Å². The van der Waals surface area contributed by atoms with Crippen LogP contribution in [0.2, 0.25) is 0 Å². The first-order valence-electron chi connectivity index (χ1n) is 17.4. The van der Waals surface area contributed by atoms with Crippen molar-refractivity contribution in [2.24, 2.45) is 0 Å². The van der Waals surface area contributed by atoms with Gasteiger partial charge in [0.05, 0.1) is 25.4 Å². The van der Waals surface area contributed by atoms with Crippen molar-refractivity contribution in [2.45, 2.75) is 45.5 Å². The molecule has 2 aliphatic heterocycles. The number of carboxylic acids is 1. The summed E-state index contributed by atoms with van der Waals surface area (Å²) >= 11 is 2.90. The van der Waals surface area contributed by atoms with E-state index in [0.29, 0.717) is 16.8 Å². The van der Waals surface area contributed by atoms with Crippen molar-refractivity contribution in [2.75, 3.05) is 36.0 Å². The van der Waals surface area contributed by atoms with Crippen molar-refractivity contribution < 1.29 is 24.5 Å². The molecule has 2 fully saturated rings. The Morgan fingerprint density at radius 3 is 1.74 bits per heavy atom. The van der Waals surface area contributed by atoms with Crippen LogP contribution in [0.1, 0.15) is 40.2 Å². The van der Waals surface area contributed by atoms with E-state index < -0.39 is 5.97 Å². The number of pyridine rings is 2. The molecular weight excluding hydrogens is 709 g/mol. The van der Waals surface area contributed by atoms with Crippen LogP contribution >= 0.6 is 22.7 Å².